The van der Waals surface area contributed by atoms with E-state index in [2.05, 4.69) is 26.1 Å². The zero-order valence-electron chi connectivity index (χ0n) is 19.7. The van der Waals surface area contributed by atoms with Crippen molar-refractivity contribution in [3.05, 3.63) is 46.2 Å². The van der Waals surface area contributed by atoms with E-state index >= 15 is 0 Å². The standard InChI is InChI=1S/C25H33ClN4O2/c1-16-18(26)12-9-13-19(16)30-22(31)20-14-21(24(2,3)4)28-29(20)15-25(30,5)23(32)27-17-10-7-6-8-11-17/h9,12-14,17H,6-8,10-11,15H2,1-5H3,(H,27,32)/t25-/m0/s1. The third-order valence-electron chi connectivity index (χ3n) is 6.83. The molecule has 1 N–H and O–H groups in total. The minimum Gasteiger partial charge on any atom is -0.351 e. The average molecular weight is 457 g/mol. The lowest BCUT2D eigenvalue weighted by Gasteiger charge is -2.44. The van der Waals surface area contributed by atoms with Crippen molar-refractivity contribution < 1.29 is 9.59 Å². The van der Waals surface area contributed by atoms with Crippen LogP contribution in [-0.4, -0.2) is 33.2 Å². The highest BCUT2D eigenvalue weighted by Crippen LogP contribution is 2.38. The number of amides is 2. The summed E-state index contributed by atoms with van der Waals surface area (Å²) in [4.78, 5) is 29.3. The van der Waals surface area contributed by atoms with Gasteiger partial charge in [-0.05, 0) is 50.5 Å². The summed E-state index contributed by atoms with van der Waals surface area (Å²) in [6.07, 6.45) is 5.41. The summed E-state index contributed by atoms with van der Waals surface area (Å²) in [6.45, 7) is 10.2. The number of fused-ring (bicyclic) bond motifs is 1. The van der Waals surface area contributed by atoms with Gasteiger partial charge in [0.05, 0.1) is 12.2 Å². The Morgan fingerprint density at radius 2 is 1.91 bits per heavy atom. The molecule has 32 heavy (non-hydrogen) atoms. The fraction of sp³-hybridized carbons (Fsp3) is 0.560. The molecule has 7 heteroatoms. The van der Waals surface area contributed by atoms with E-state index in [9.17, 15) is 9.59 Å². The molecule has 0 unspecified atom stereocenters. The predicted octanol–water partition coefficient (Wildman–Crippen LogP) is 5.01. The molecule has 1 fully saturated rings. The fourth-order valence-electron chi connectivity index (χ4n) is 4.75. The molecule has 1 aliphatic heterocycles. The van der Waals surface area contributed by atoms with Gasteiger partial charge < -0.3 is 5.32 Å². The van der Waals surface area contributed by atoms with Crippen LogP contribution in [0.4, 0.5) is 5.69 Å². The van der Waals surface area contributed by atoms with Crippen molar-refractivity contribution in [2.24, 2.45) is 0 Å². The molecule has 172 valence electrons. The van der Waals surface area contributed by atoms with Gasteiger partial charge >= 0.3 is 0 Å². The summed E-state index contributed by atoms with van der Waals surface area (Å²) in [7, 11) is 0. The van der Waals surface area contributed by atoms with Gasteiger partial charge in [-0.15, -0.1) is 0 Å². The predicted molar refractivity (Wildman–Crippen MR) is 127 cm³/mol. The minimum absolute atomic E-state index is 0.143. The van der Waals surface area contributed by atoms with E-state index in [1.165, 1.54) is 6.42 Å². The van der Waals surface area contributed by atoms with Crippen LogP contribution in [0.25, 0.3) is 0 Å². The quantitative estimate of drug-likeness (QED) is 0.705. The molecule has 0 radical (unpaired) electrons. The Labute approximate surface area is 195 Å². The maximum Gasteiger partial charge on any atom is 0.277 e. The highest BCUT2D eigenvalue weighted by Gasteiger charge is 2.50. The molecule has 1 aromatic heterocycles. The monoisotopic (exact) mass is 456 g/mol. The molecule has 6 nitrogen and oxygen atoms in total. The van der Waals surface area contributed by atoms with Crippen LogP contribution in [0.3, 0.4) is 0 Å². The van der Waals surface area contributed by atoms with Crippen molar-refractivity contribution >= 4 is 29.1 Å². The molecule has 1 atom stereocenters. The van der Waals surface area contributed by atoms with Crippen LogP contribution in [0.15, 0.2) is 24.3 Å². The highest BCUT2D eigenvalue weighted by atomic mass is 35.5. The molecule has 4 rings (SSSR count). The van der Waals surface area contributed by atoms with Crippen molar-refractivity contribution in [2.75, 3.05) is 4.90 Å². The molecule has 1 aromatic carbocycles. The van der Waals surface area contributed by atoms with Crippen LogP contribution in [-0.2, 0) is 16.8 Å². The Kier molecular flexibility index (Phi) is 5.86. The molecular formula is C25H33ClN4O2. The van der Waals surface area contributed by atoms with Crippen molar-refractivity contribution in [1.82, 2.24) is 15.1 Å². The smallest absolute Gasteiger partial charge is 0.277 e. The van der Waals surface area contributed by atoms with Crippen molar-refractivity contribution in [3.8, 4) is 0 Å². The number of hydrogen-bond acceptors (Lipinski definition) is 3. The molecule has 2 aliphatic rings. The van der Waals surface area contributed by atoms with Gasteiger partial charge in [-0.2, -0.15) is 5.10 Å². The Morgan fingerprint density at radius 1 is 1.22 bits per heavy atom. The maximum absolute atomic E-state index is 13.9. The SMILES string of the molecule is Cc1c(Cl)cccc1N1C(=O)c2cc(C(C)(C)C)nn2C[C@@]1(C)C(=O)NC1CCCCC1. The number of halogens is 1. The van der Waals surface area contributed by atoms with E-state index in [1.807, 2.05) is 32.0 Å². The lowest BCUT2D eigenvalue weighted by atomic mass is 9.90. The average Bonchev–Trinajstić information content (AvgIpc) is 3.16. The largest absolute Gasteiger partial charge is 0.351 e. The van der Waals surface area contributed by atoms with Gasteiger partial charge in [0, 0.05) is 22.2 Å². The van der Waals surface area contributed by atoms with Crippen molar-refractivity contribution in [1.29, 1.82) is 0 Å². The van der Waals surface area contributed by atoms with E-state index in [1.54, 1.807) is 15.6 Å². The number of carbonyl (C=O) groups is 2. The van der Waals surface area contributed by atoms with Crippen LogP contribution in [0, 0.1) is 6.92 Å². The molecule has 1 saturated carbocycles. The Morgan fingerprint density at radius 3 is 2.56 bits per heavy atom. The number of nitrogens with one attached hydrogen (secondary N) is 1. The van der Waals surface area contributed by atoms with E-state index in [0.29, 0.717) is 16.4 Å². The maximum atomic E-state index is 13.9. The normalized spacial score (nSPS) is 22.1. The molecule has 2 aromatic rings. The first-order chi connectivity index (χ1) is 15.0. The zero-order valence-corrected chi connectivity index (χ0v) is 20.4. The summed E-state index contributed by atoms with van der Waals surface area (Å²) in [5, 5.41) is 8.54. The topological polar surface area (TPSA) is 67.2 Å². The first-order valence-electron chi connectivity index (χ1n) is 11.5. The molecule has 2 amide bonds. The number of aromatic nitrogens is 2. The number of anilines is 1. The van der Waals surface area contributed by atoms with Crippen LogP contribution >= 0.6 is 11.6 Å². The summed E-state index contributed by atoms with van der Waals surface area (Å²) in [5.74, 6) is -0.374. The summed E-state index contributed by atoms with van der Waals surface area (Å²) >= 11 is 6.42. The molecule has 0 bridgehead atoms. The second-order valence-corrected chi connectivity index (χ2v) is 10.8. The lowest BCUT2D eigenvalue weighted by Crippen LogP contribution is -2.65. The molecule has 0 saturated heterocycles. The minimum atomic E-state index is -1.13. The second kappa shape index (κ2) is 8.22. The van der Waals surface area contributed by atoms with Crippen LogP contribution in [0.2, 0.25) is 5.02 Å². The van der Waals surface area contributed by atoms with Gasteiger partial charge in [-0.3, -0.25) is 19.2 Å². The van der Waals surface area contributed by atoms with Crippen LogP contribution in [0.1, 0.15) is 81.5 Å². The summed E-state index contributed by atoms with van der Waals surface area (Å²) < 4.78 is 1.71. The lowest BCUT2D eigenvalue weighted by molar-refractivity contribution is -0.127. The van der Waals surface area contributed by atoms with Gasteiger partial charge in [-0.1, -0.05) is 57.7 Å². The number of rotatable bonds is 3. The van der Waals surface area contributed by atoms with Gasteiger partial charge in [-0.25, -0.2) is 0 Å². The molecule has 1 aliphatic carbocycles. The second-order valence-electron chi connectivity index (χ2n) is 10.4. The molecular weight excluding hydrogens is 424 g/mol. The summed E-state index contributed by atoms with van der Waals surface area (Å²) in [6, 6.07) is 7.49. The summed E-state index contributed by atoms with van der Waals surface area (Å²) in [5.41, 5.74) is 1.44. The zero-order chi connectivity index (χ0) is 23.3. The number of nitrogens with zero attached hydrogens (tertiary/aromatic N) is 3. The van der Waals surface area contributed by atoms with Gasteiger partial charge in [0.25, 0.3) is 5.91 Å². The number of hydrogen-bond donors (Lipinski definition) is 1. The Bertz CT molecular complexity index is 1050. The third kappa shape index (κ3) is 3.94. The van der Waals surface area contributed by atoms with Crippen molar-refractivity contribution in [2.45, 2.75) is 90.3 Å². The van der Waals surface area contributed by atoms with E-state index < -0.39 is 5.54 Å². The fourth-order valence-corrected chi connectivity index (χ4v) is 4.92. The Hall–Kier alpha value is -2.34. The Balaban J connectivity index is 1.81. The van der Waals surface area contributed by atoms with E-state index in [4.69, 9.17) is 16.7 Å². The first-order valence-corrected chi connectivity index (χ1v) is 11.9. The van der Waals surface area contributed by atoms with Crippen molar-refractivity contribution in [3.63, 3.8) is 0 Å². The first kappa shape index (κ1) is 22.8. The molecule has 2 heterocycles. The molecule has 0 spiro atoms. The highest BCUT2D eigenvalue weighted by molar-refractivity contribution is 6.32. The number of carbonyl (C=O) groups excluding carboxylic acids is 2. The van der Waals surface area contributed by atoms with Gasteiger partial charge in [0.15, 0.2) is 0 Å². The van der Waals surface area contributed by atoms with Gasteiger partial charge in [0.2, 0.25) is 5.91 Å². The number of benzene rings is 1. The third-order valence-corrected chi connectivity index (χ3v) is 7.24. The van der Waals surface area contributed by atoms with Crippen LogP contribution in [0.5, 0.6) is 0 Å². The van der Waals surface area contributed by atoms with Gasteiger partial charge in [0.1, 0.15) is 11.2 Å². The van der Waals surface area contributed by atoms with Crippen LogP contribution < -0.4 is 10.2 Å². The van der Waals surface area contributed by atoms with E-state index in [-0.39, 0.29) is 29.8 Å². The van der Waals surface area contributed by atoms with E-state index in [0.717, 1.165) is 36.9 Å².